The lowest BCUT2D eigenvalue weighted by molar-refractivity contribution is 0.00578. The first kappa shape index (κ1) is 12.8. The van der Waals surface area contributed by atoms with Gasteiger partial charge in [-0.3, -0.25) is 0 Å². The molecular formula is C15H20BNO2. The Hall–Kier alpha value is -1.26. The maximum Gasteiger partial charge on any atom is 0.495 e. The number of aromatic amines is 1. The molecule has 1 N–H and O–H groups in total. The second kappa shape index (κ2) is 3.87. The highest BCUT2D eigenvalue weighted by molar-refractivity contribution is 6.65. The molecular weight excluding hydrogens is 237 g/mol. The van der Waals surface area contributed by atoms with Gasteiger partial charge in [0.2, 0.25) is 0 Å². The molecule has 4 heteroatoms. The topological polar surface area (TPSA) is 34.2 Å². The van der Waals surface area contributed by atoms with Gasteiger partial charge in [-0.1, -0.05) is 12.1 Å². The maximum absolute atomic E-state index is 6.13. The lowest BCUT2D eigenvalue weighted by Gasteiger charge is -2.32. The molecule has 0 radical (unpaired) electrons. The first-order valence-electron chi connectivity index (χ1n) is 6.74. The van der Waals surface area contributed by atoms with Crippen molar-refractivity contribution in [2.45, 2.75) is 45.8 Å². The van der Waals surface area contributed by atoms with Crippen LogP contribution in [0.3, 0.4) is 0 Å². The number of H-pyrrole nitrogens is 1. The van der Waals surface area contributed by atoms with E-state index in [1.54, 1.807) is 0 Å². The average molecular weight is 257 g/mol. The van der Waals surface area contributed by atoms with E-state index in [9.17, 15) is 0 Å². The summed E-state index contributed by atoms with van der Waals surface area (Å²) in [4.78, 5) is 3.28. The lowest BCUT2D eigenvalue weighted by atomic mass is 9.76. The minimum Gasteiger partial charge on any atom is -0.399 e. The van der Waals surface area contributed by atoms with E-state index in [1.807, 2.05) is 6.20 Å². The monoisotopic (exact) mass is 257 g/mol. The zero-order chi connectivity index (χ0) is 13.8. The summed E-state index contributed by atoms with van der Waals surface area (Å²) in [5.74, 6) is 0. The predicted molar refractivity (Wildman–Crippen MR) is 78.8 cm³/mol. The Morgan fingerprint density at radius 3 is 2.26 bits per heavy atom. The fraction of sp³-hybridized carbons (Fsp3) is 0.467. The van der Waals surface area contributed by atoms with Gasteiger partial charge in [-0.05, 0) is 57.1 Å². The van der Waals surface area contributed by atoms with Crippen molar-refractivity contribution >= 4 is 23.5 Å². The normalized spacial score (nSPS) is 21.2. The fourth-order valence-electron chi connectivity index (χ4n) is 2.50. The zero-order valence-electron chi connectivity index (χ0n) is 12.2. The highest BCUT2D eigenvalue weighted by atomic mass is 16.7. The Morgan fingerprint density at radius 1 is 1.00 bits per heavy atom. The highest BCUT2D eigenvalue weighted by Crippen LogP contribution is 2.37. The molecule has 1 fully saturated rings. The van der Waals surface area contributed by atoms with Gasteiger partial charge in [0.25, 0.3) is 0 Å². The second-order valence-electron chi connectivity index (χ2n) is 6.33. The van der Waals surface area contributed by atoms with Gasteiger partial charge in [0, 0.05) is 11.7 Å². The highest BCUT2D eigenvalue weighted by Gasteiger charge is 2.52. The molecule has 3 rings (SSSR count). The molecule has 1 aromatic heterocycles. The summed E-state index contributed by atoms with van der Waals surface area (Å²) in [6.07, 6.45) is 1.96. The second-order valence-corrected chi connectivity index (χ2v) is 6.33. The van der Waals surface area contributed by atoms with Crippen LogP contribution in [0.25, 0.3) is 10.9 Å². The van der Waals surface area contributed by atoms with E-state index in [4.69, 9.17) is 9.31 Å². The Morgan fingerprint density at radius 2 is 1.63 bits per heavy atom. The van der Waals surface area contributed by atoms with Gasteiger partial charge in [0.05, 0.1) is 11.2 Å². The lowest BCUT2D eigenvalue weighted by Crippen LogP contribution is -2.41. The van der Waals surface area contributed by atoms with E-state index >= 15 is 0 Å². The van der Waals surface area contributed by atoms with Crippen molar-refractivity contribution in [3.8, 4) is 0 Å². The summed E-state index contributed by atoms with van der Waals surface area (Å²) in [5, 5.41) is 1.18. The van der Waals surface area contributed by atoms with E-state index in [-0.39, 0.29) is 18.3 Å². The van der Waals surface area contributed by atoms with Gasteiger partial charge < -0.3 is 14.3 Å². The number of hydrogen-bond donors (Lipinski definition) is 1. The molecule has 1 aliphatic rings. The molecule has 100 valence electrons. The minimum atomic E-state index is -0.302. The summed E-state index contributed by atoms with van der Waals surface area (Å²) in [5.41, 5.74) is 2.89. The Kier molecular flexibility index (Phi) is 2.60. The Bertz CT molecular complexity index is 614. The van der Waals surface area contributed by atoms with Crippen LogP contribution >= 0.6 is 0 Å². The van der Waals surface area contributed by atoms with Gasteiger partial charge >= 0.3 is 7.12 Å². The summed E-state index contributed by atoms with van der Waals surface area (Å²) < 4.78 is 12.3. The molecule has 0 aliphatic carbocycles. The predicted octanol–water partition coefficient (Wildman–Crippen LogP) is 2.78. The fourth-order valence-corrected chi connectivity index (χ4v) is 2.50. The number of fused-ring (bicyclic) bond motifs is 1. The largest absolute Gasteiger partial charge is 0.495 e. The van der Waals surface area contributed by atoms with Crippen LogP contribution in [0.5, 0.6) is 0 Å². The molecule has 1 aliphatic heterocycles. The number of hydrogen-bond acceptors (Lipinski definition) is 2. The zero-order valence-corrected chi connectivity index (χ0v) is 12.2. The number of rotatable bonds is 1. The third-order valence-corrected chi connectivity index (χ3v) is 4.47. The van der Waals surface area contributed by atoms with Gasteiger partial charge in [-0.15, -0.1) is 0 Å². The van der Waals surface area contributed by atoms with Crippen molar-refractivity contribution in [1.82, 2.24) is 4.98 Å². The summed E-state index contributed by atoms with van der Waals surface area (Å²) in [6, 6.07) is 6.30. The molecule has 0 unspecified atom stereocenters. The van der Waals surface area contributed by atoms with Crippen molar-refractivity contribution in [3.05, 3.63) is 30.0 Å². The van der Waals surface area contributed by atoms with E-state index < -0.39 is 0 Å². The van der Waals surface area contributed by atoms with Crippen molar-refractivity contribution < 1.29 is 9.31 Å². The standard InChI is InChI=1S/C15H20BNO2/c1-10-6-7-12(11-8-9-17-13(10)11)16-18-14(2,3)15(4,5)19-16/h6-9,17H,1-5H3. The molecule has 0 spiro atoms. The molecule has 0 atom stereocenters. The smallest absolute Gasteiger partial charge is 0.399 e. The summed E-state index contributed by atoms with van der Waals surface area (Å²) in [7, 11) is -0.302. The molecule has 0 bridgehead atoms. The molecule has 2 aromatic rings. The van der Waals surface area contributed by atoms with Crippen LogP contribution in [0.1, 0.15) is 33.3 Å². The van der Waals surface area contributed by atoms with Gasteiger partial charge in [-0.2, -0.15) is 0 Å². The molecule has 2 heterocycles. The van der Waals surface area contributed by atoms with Crippen LogP contribution in [-0.2, 0) is 9.31 Å². The van der Waals surface area contributed by atoms with Crippen LogP contribution in [0.15, 0.2) is 24.4 Å². The summed E-state index contributed by atoms with van der Waals surface area (Å²) in [6.45, 7) is 10.4. The van der Waals surface area contributed by atoms with Gasteiger partial charge in [0.1, 0.15) is 0 Å². The van der Waals surface area contributed by atoms with E-state index in [0.29, 0.717) is 0 Å². The third kappa shape index (κ3) is 1.82. The molecule has 0 saturated carbocycles. The SMILES string of the molecule is Cc1ccc(B2OC(C)(C)C(C)(C)O2)c2cc[nH]c12. The first-order chi connectivity index (χ1) is 8.82. The van der Waals surface area contributed by atoms with E-state index in [2.05, 4.69) is 57.8 Å². The van der Waals surface area contributed by atoms with Crippen LogP contribution in [-0.4, -0.2) is 23.3 Å². The molecule has 1 saturated heterocycles. The maximum atomic E-state index is 6.13. The van der Waals surface area contributed by atoms with Crippen LogP contribution in [0.2, 0.25) is 0 Å². The molecule has 1 aromatic carbocycles. The first-order valence-corrected chi connectivity index (χ1v) is 6.74. The molecule has 0 amide bonds. The number of benzene rings is 1. The van der Waals surface area contributed by atoms with Crippen LogP contribution in [0, 0.1) is 6.92 Å². The van der Waals surface area contributed by atoms with E-state index in [1.165, 1.54) is 10.9 Å². The minimum absolute atomic E-state index is 0.300. The molecule has 19 heavy (non-hydrogen) atoms. The van der Waals surface area contributed by atoms with Crippen LogP contribution < -0.4 is 5.46 Å². The van der Waals surface area contributed by atoms with Gasteiger partial charge in [0.15, 0.2) is 0 Å². The third-order valence-electron chi connectivity index (χ3n) is 4.47. The summed E-state index contributed by atoms with van der Waals surface area (Å²) >= 11 is 0. The van der Waals surface area contributed by atoms with Crippen molar-refractivity contribution in [3.63, 3.8) is 0 Å². The quantitative estimate of drug-likeness (QED) is 0.797. The van der Waals surface area contributed by atoms with Crippen molar-refractivity contribution in [1.29, 1.82) is 0 Å². The van der Waals surface area contributed by atoms with E-state index in [0.717, 1.165) is 11.0 Å². The Labute approximate surface area is 114 Å². The number of nitrogens with one attached hydrogen (secondary N) is 1. The molecule has 3 nitrogen and oxygen atoms in total. The van der Waals surface area contributed by atoms with Crippen molar-refractivity contribution in [2.24, 2.45) is 0 Å². The van der Waals surface area contributed by atoms with Crippen molar-refractivity contribution in [2.75, 3.05) is 0 Å². The van der Waals surface area contributed by atoms with Crippen LogP contribution in [0.4, 0.5) is 0 Å². The Balaban J connectivity index is 2.08. The average Bonchev–Trinajstić information content (AvgIpc) is 2.84. The van der Waals surface area contributed by atoms with Gasteiger partial charge in [-0.25, -0.2) is 0 Å². The number of aryl methyl sites for hydroxylation is 1. The number of aromatic nitrogens is 1.